The third-order valence-electron chi connectivity index (χ3n) is 5.34. The fourth-order valence-corrected chi connectivity index (χ4v) is 6.12. The number of amidine groups is 1. The Kier molecular flexibility index (Phi) is 8.56. The number of thiophene rings is 1. The topological polar surface area (TPSA) is 142 Å². The van der Waals surface area contributed by atoms with Crippen LogP contribution in [0, 0.1) is 6.92 Å². The smallest absolute Gasteiger partial charge is 0.475 e. The maximum absolute atomic E-state index is 12.9. The van der Waals surface area contributed by atoms with Crippen LogP contribution < -0.4 is 10.5 Å². The van der Waals surface area contributed by atoms with E-state index in [-0.39, 0.29) is 16.8 Å². The zero-order valence-corrected chi connectivity index (χ0v) is 21.0. The molecule has 0 bridgehead atoms. The Labute approximate surface area is 214 Å². The zero-order chi connectivity index (χ0) is 27.4. The summed E-state index contributed by atoms with van der Waals surface area (Å²) < 4.78 is 61.1. The van der Waals surface area contributed by atoms with Gasteiger partial charge in [-0.1, -0.05) is 42.5 Å². The molecule has 3 aromatic rings. The van der Waals surface area contributed by atoms with Crippen molar-refractivity contribution in [2.24, 2.45) is 10.7 Å². The van der Waals surface area contributed by atoms with Crippen molar-refractivity contribution in [1.29, 1.82) is 0 Å². The molecular weight excluding hydrogens is 533 g/mol. The molecule has 9 nitrogen and oxygen atoms in total. The van der Waals surface area contributed by atoms with E-state index in [1.54, 1.807) is 6.07 Å². The molecule has 4 rings (SSSR count). The minimum absolute atomic E-state index is 0.0971. The normalized spacial score (nSPS) is 16.5. The van der Waals surface area contributed by atoms with Gasteiger partial charge in [0, 0.05) is 16.8 Å². The number of aliphatic imine (C=N–C) groups is 1. The minimum Gasteiger partial charge on any atom is -0.475 e. The number of hydrogen-bond donors (Lipinski definition) is 3. The summed E-state index contributed by atoms with van der Waals surface area (Å²) in [6.07, 6.45) is -4.69. The lowest BCUT2D eigenvalue weighted by atomic mass is 10.2. The number of carboxylic acids is 1. The van der Waals surface area contributed by atoms with Crippen molar-refractivity contribution in [1.82, 2.24) is 9.62 Å². The average molecular weight is 557 g/mol. The van der Waals surface area contributed by atoms with Crippen LogP contribution in [-0.4, -0.2) is 61.6 Å². The lowest BCUT2D eigenvalue weighted by Gasteiger charge is -2.15. The van der Waals surface area contributed by atoms with Gasteiger partial charge in [0.15, 0.2) is 0 Å². The van der Waals surface area contributed by atoms with Crippen LogP contribution in [0.25, 0.3) is 10.1 Å². The fraction of sp³-hybridized carbons (Fsp3) is 0.261. The highest BCUT2D eigenvalue weighted by atomic mass is 32.2. The van der Waals surface area contributed by atoms with Gasteiger partial charge in [-0.2, -0.15) is 17.9 Å². The zero-order valence-electron chi connectivity index (χ0n) is 19.4. The number of likely N-dealkylation sites (tertiary alicyclic amines) is 1. The number of benzene rings is 2. The summed E-state index contributed by atoms with van der Waals surface area (Å²) in [5.41, 5.74) is 7.78. The Morgan fingerprint density at radius 3 is 2.46 bits per heavy atom. The van der Waals surface area contributed by atoms with E-state index in [1.807, 2.05) is 55.5 Å². The summed E-state index contributed by atoms with van der Waals surface area (Å²) in [5.74, 6) is -2.71. The van der Waals surface area contributed by atoms with Crippen LogP contribution in [0.4, 0.5) is 13.2 Å². The molecule has 2 aromatic carbocycles. The van der Waals surface area contributed by atoms with Crippen LogP contribution in [0.1, 0.15) is 17.5 Å². The molecule has 1 fully saturated rings. The summed E-state index contributed by atoms with van der Waals surface area (Å²) >= 11 is 1.20. The number of hydrogen-bond acceptors (Lipinski definition) is 6. The molecule has 0 aliphatic carbocycles. The van der Waals surface area contributed by atoms with E-state index >= 15 is 0 Å². The third kappa shape index (κ3) is 7.05. The molecule has 37 heavy (non-hydrogen) atoms. The van der Waals surface area contributed by atoms with Crippen LogP contribution in [0.3, 0.4) is 0 Å². The summed E-state index contributed by atoms with van der Waals surface area (Å²) in [6.45, 7) is 2.46. The maximum atomic E-state index is 12.9. The second-order valence-corrected chi connectivity index (χ2v) is 11.0. The van der Waals surface area contributed by atoms with E-state index in [9.17, 15) is 26.4 Å². The number of nitrogens with one attached hydrogen (secondary N) is 1. The van der Waals surface area contributed by atoms with Crippen molar-refractivity contribution in [2.45, 2.75) is 29.8 Å². The van der Waals surface area contributed by atoms with E-state index < -0.39 is 28.2 Å². The number of aliphatic carboxylic acids is 1. The maximum Gasteiger partial charge on any atom is 0.490 e. The number of nitrogens with two attached hydrogens (primary N) is 1. The van der Waals surface area contributed by atoms with Crippen molar-refractivity contribution < 1.29 is 36.3 Å². The van der Waals surface area contributed by atoms with Gasteiger partial charge in [0.05, 0.1) is 0 Å². The monoisotopic (exact) mass is 556 g/mol. The quantitative estimate of drug-likeness (QED) is 0.315. The van der Waals surface area contributed by atoms with E-state index in [0.717, 1.165) is 21.2 Å². The Balaban J connectivity index is 0.000000479. The third-order valence-corrected chi connectivity index (χ3v) is 8.39. The molecule has 0 saturated carbocycles. The molecule has 1 atom stereocenters. The van der Waals surface area contributed by atoms with Gasteiger partial charge in [-0.3, -0.25) is 4.79 Å². The number of carbonyl (C=O) groups excluding carboxylic acids is 1. The van der Waals surface area contributed by atoms with Gasteiger partial charge < -0.3 is 15.7 Å². The number of nitrogens with zero attached hydrogens (tertiary/aromatic N) is 2. The molecule has 4 N–H and O–H groups in total. The number of carboxylic acid groups (broad SMARTS) is 1. The number of fused-ring (bicyclic) bond motifs is 1. The van der Waals surface area contributed by atoms with E-state index in [2.05, 4.69) is 9.71 Å². The van der Waals surface area contributed by atoms with E-state index in [0.29, 0.717) is 18.8 Å². The molecule has 1 aromatic heterocycles. The number of rotatable bonds is 6. The number of halogens is 3. The highest BCUT2D eigenvalue weighted by Crippen LogP contribution is 2.31. The number of alkyl halides is 3. The van der Waals surface area contributed by atoms with E-state index in [1.165, 1.54) is 16.2 Å². The highest BCUT2D eigenvalue weighted by Gasteiger charge is 2.38. The second kappa shape index (κ2) is 11.3. The van der Waals surface area contributed by atoms with Crippen LogP contribution in [-0.2, 0) is 19.6 Å². The summed E-state index contributed by atoms with van der Waals surface area (Å²) in [4.78, 5) is 27.4. The van der Waals surface area contributed by atoms with Crippen molar-refractivity contribution >= 4 is 49.2 Å². The Bertz CT molecular complexity index is 1420. The number of amides is 1. The largest absolute Gasteiger partial charge is 0.490 e. The van der Waals surface area contributed by atoms with Gasteiger partial charge >= 0.3 is 12.1 Å². The van der Waals surface area contributed by atoms with E-state index in [4.69, 9.17) is 15.6 Å². The van der Waals surface area contributed by atoms with Crippen molar-refractivity contribution in [2.75, 3.05) is 13.2 Å². The van der Waals surface area contributed by atoms with Gasteiger partial charge in [-0.05, 0) is 36.4 Å². The molecule has 0 radical (unpaired) electrons. The minimum atomic E-state index is -5.08. The number of aryl methyl sites for hydroxylation is 1. The first-order chi connectivity index (χ1) is 17.3. The van der Waals surface area contributed by atoms with Gasteiger partial charge in [-0.25, -0.2) is 18.2 Å². The van der Waals surface area contributed by atoms with Crippen molar-refractivity contribution in [3.63, 3.8) is 0 Å². The first-order valence-corrected chi connectivity index (χ1v) is 13.1. The average Bonchev–Trinajstić information content (AvgIpc) is 3.43. The standard InChI is InChI=1S/C21H22N4O3S2.C2HF3O2/c1-14-6-5-9-18-16(14)12-19(29-18)30(27,28)24-17-10-11-25(21(17)26)13-23-20(22)15-7-3-2-4-8-15;3-2(4,5)1(6)7/h2-9,12,17,24H,10-11,13H2,1H3,(H2,22,23);(H,6,7)/t17-;/m0./s1. The lowest BCUT2D eigenvalue weighted by Crippen LogP contribution is -2.41. The molecule has 1 aliphatic rings. The van der Waals surface area contributed by atoms with Crippen LogP contribution >= 0.6 is 11.3 Å². The van der Waals surface area contributed by atoms with Crippen LogP contribution in [0.15, 0.2) is 63.8 Å². The molecule has 1 amide bonds. The first kappa shape index (κ1) is 28.1. The first-order valence-electron chi connectivity index (χ1n) is 10.8. The number of carbonyl (C=O) groups is 2. The van der Waals surface area contributed by atoms with Gasteiger partial charge in [0.1, 0.15) is 22.8 Å². The summed E-state index contributed by atoms with van der Waals surface area (Å²) in [6, 6.07) is 15.9. The number of sulfonamides is 1. The molecule has 198 valence electrons. The summed E-state index contributed by atoms with van der Waals surface area (Å²) in [5, 5.41) is 8.04. The molecule has 0 unspecified atom stereocenters. The van der Waals surface area contributed by atoms with Gasteiger partial charge in [0.2, 0.25) is 5.91 Å². The SMILES string of the molecule is Cc1cccc2sc(S(=O)(=O)N[C@H]3CCN(CN=C(N)c4ccccc4)C3=O)cc12.O=C(O)C(F)(F)F. The van der Waals surface area contributed by atoms with Gasteiger partial charge in [0.25, 0.3) is 10.0 Å². The Hall–Kier alpha value is -3.49. The molecular formula is C23H23F3N4O5S2. The predicted molar refractivity (Wildman–Crippen MR) is 133 cm³/mol. The highest BCUT2D eigenvalue weighted by molar-refractivity contribution is 7.91. The van der Waals surface area contributed by atoms with Crippen molar-refractivity contribution in [3.05, 3.63) is 65.7 Å². The Morgan fingerprint density at radius 1 is 1.22 bits per heavy atom. The van der Waals surface area contributed by atoms with Crippen molar-refractivity contribution in [3.8, 4) is 0 Å². The predicted octanol–water partition coefficient (Wildman–Crippen LogP) is 3.09. The second-order valence-electron chi connectivity index (χ2n) is 7.97. The van der Waals surface area contributed by atoms with Gasteiger partial charge in [-0.15, -0.1) is 11.3 Å². The summed E-state index contributed by atoms with van der Waals surface area (Å²) in [7, 11) is -3.79. The van der Waals surface area contributed by atoms with Crippen LogP contribution in [0.5, 0.6) is 0 Å². The molecule has 14 heteroatoms. The molecule has 2 heterocycles. The Morgan fingerprint density at radius 2 is 1.86 bits per heavy atom. The fourth-order valence-electron chi connectivity index (χ4n) is 3.41. The molecule has 1 saturated heterocycles. The molecule has 1 aliphatic heterocycles. The van der Waals surface area contributed by atoms with Crippen LogP contribution in [0.2, 0.25) is 0 Å². The lowest BCUT2D eigenvalue weighted by molar-refractivity contribution is -0.192. The molecule has 0 spiro atoms.